The standard InChI is InChI=1S/C12H14ClNOS/c1-14-8-9(6-7-13)15-11-5-3-2-4-10(11)12(14)16/h2-5,9H,6-8H2,1H3. The van der Waals surface area contributed by atoms with Crippen molar-refractivity contribution in [1.29, 1.82) is 0 Å². The van der Waals surface area contributed by atoms with Crippen molar-refractivity contribution >= 4 is 28.8 Å². The van der Waals surface area contributed by atoms with Gasteiger partial charge in [0.25, 0.3) is 0 Å². The van der Waals surface area contributed by atoms with Gasteiger partial charge in [-0.05, 0) is 18.6 Å². The number of thiocarbonyl (C=S) groups is 1. The van der Waals surface area contributed by atoms with E-state index < -0.39 is 0 Å². The third-order valence-corrected chi connectivity index (χ3v) is 3.42. The second-order valence-corrected chi connectivity index (χ2v) is 4.66. The summed E-state index contributed by atoms with van der Waals surface area (Å²) in [6.07, 6.45) is 0.951. The molecule has 0 saturated heterocycles. The fraction of sp³-hybridized carbons (Fsp3) is 0.417. The molecule has 16 heavy (non-hydrogen) atoms. The van der Waals surface area contributed by atoms with Gasteiger partial charge in [0, 0.05) is 12.9 Å². The first-order chi connectivity index (χ1) is 7.72. The molecule has 0 bridgehead atoms. The van der Waals surface area contributed by atoms with Gasteiger partial charge in [0.05, 0.1) is 12.1 Å². The predicted octanol–water partition coefficient (Wildman–Crippen LogP) is 2.68. The van der Waals surface area contributed by atoms with E-state index in [2.05, 4.69) is 4.90 Å². The minimum absolute atomic E-state index is 0.115. The number of likely N-dealkylation sites (N-methyl/N-ethyl adjacent to an activating group) is 1. The van der Waals surface area contributed by atoms with E-state index in [9.17, 15) is 0 Å². The van der Waals surface area contributed by atoms with Gasteiger partial charge < -0.3 is 9.64 Å². The average Bonchev–Trinajstić information content (AvgIpc) is 2.39. The molecule has 0 saturated carbocycles. The van der Waals surface area contributed by atoms with E-state index in [-0.39, 0.29) is 6.10 Å². The summed E-state index contributed by atoms with van der Waals surface area (Å²) in [7, 11) is 2.00. The highest BCUT2D eigenvalue weighted by Crippen LogP contribution is 2.25. The molecule has 1 aromatic rings. The van der Waals surface area contributed by atoms with E-state index in [1.54, 1.807) is 0 Å². The van der Waals surface area contributed by atoms with Gasteiger partial charge in [-0.1, -0.05) is 24.4 Å². The molecule has 2 nitrogen and oxygen atoms in total. The maximum absolute atomic E-state index is 5.92. The lowest BCUT2D eigenvalue weighted by molar-refractivity contribution is 0.179. The maximum Gasteiger partial charge on any atom is 0.130 e. The normalized spacial score (nSPS) is 20.0. The van der Waals surface area contributed by atoms with Crippen LogP contribution in [0, 0.1) is 0 Å². The van der Waals surface area contributed by atoms with Crippen LogP contribution in [0.4, 0.5) is 0 Å². The van der Waals surface area contributed by atoms with Crippen LogP contribution in [0.1, 0.15) is 12.0 Å². The molecule has 1 aromatic carbocycles. The topological polar surface area (TPSA) is 12.5 Å². The maximum atomic E-state index is 5.92. The lowest BCUT2D eigenvalue weighted by atomic mass is 10.2. The van der Waals surface area contributed by atoms with E-state index in [1.165, 1.54) is 0 Å². The zero-order valence-electron chi connectivity index (χ0n) is 9.15. The lowest BCUT2D eigenvalue weighted by Gasteiger charge is -2.20. The molecule has 0 amide bonds. The SMILES string of the molecule is CN1CC(CCCl)Oc2ccccc2C1=S. The Morgan fingerprint density at radius 2 is 2.25 bits per heavy atom. The number of ether oxygens (including phenoxy) is 1. The molecule has 4 heteroatoms. The molecule has 1 aliphatic heterocycles. The van der Waals surface area contributed by atoms with Gasteiger partial charge in [-0.3, -0.25) is 0 Å². The fourth-order valence-electron chi connectivity index (χ4n) is 1.83. The van der Waals surface area contributed by atoms with Crippen LogP contribution in [0.3, 0.4) is 0 Å². The van der Waals surface area contributed by atoms with Crippen LogP contribution in [-0.2, 0) is 0 Å². The summed E-state index contributed by atoms with van der Waals surface area (Å²) in [5.74, 6) is 1.47. The van der Waals surface area contributed by atoms with E-state index in [0.717, 1.165) is 29.3 Å². The zero-order chi connectivity index (χ0) is 11.5. The molecule has 0 aliphatic carbocycles. The molecule has 0 aromatic heterocycles. The van der Waals surface area contributed by atoms with Crippen LogP contribution in [0.5, 0.6) is 5.75 Å². The van der Waals surface area contributed by atoms with Crippen LogP contribution < -0.4 is 4.74 Å². The minimum Gasteiger partial charge on any atom is -0.488 e. The number of nitrogens with zero attached hydrogens (tertiary/aromatic N) is 1. The molecule has 1 heterocycles. The molecule has 86 valence electrons. The third kappa shape index (κ3) is 2.30. The Hall–Kier alpha value is -0.800. The molecular weight excluding hydrogens is 242 g/mol. The van der Waals surface area contributed by atoms with E-state index in [0.29, 0.717) is 5.88 Å². The van der Waals surface area contributed by atoms with Gasteiger partial charge in [0.15, 0.2) is 0 Å². The Labute approximate surface area is 106 Å². The van der Waals surface area contributed by atoms with Crippen molar-refractivity contribution in [3.63, 3.8) is 0 Å². The Bertz CT molecular complexity index is 396. The van der Waals surface area contributed by atoms with Gasteiger partial charge in [-0.15, -0.1) is 11.6 Å². The Balaban J connectivity index is 2.32. The highest BCUT2D eigenvalue weighted by atomic mass is 35.5. The molecule has 1 aliphatic rings. The fourth-order valence-corrected chi connectivity index (χ4v) is 2.32. The molecule has 2 rings (SSSR count). The van der Waals surface area contributed by atoms with E-state index >= 15 is 0 Å². The zero-order valence-corrected chi connectivity index (χ0v) is 10.7. The number of benzene rings is 1. The summed E-state index contributed by atoms with van der Waals surface area (Å²) in [5.41, 5.74) is 0.997. The van der Waals surface area contributed by atoms with Crippen LogP contribution >= 0.6 is 23.8 Å². The number of para-hydroxylation sites is 1. The van der Waals surface area contributed by atoms with Gasteiger partial charge >= 0.3 is 0 Å². The van der Waals surface area contributed by atoms with Crippen molar-refractivity contribution < 1.29 is 4.74 Å². The van der Waals surface area contributed by atoms with Gasteiger partial charge in [-0.25, -0.2) is 0 Å². The number of alkyl halides is 1. The lowest BCUT2D eigenvalue weighted by Crippen LogP contribution is -2.33. The van der Waals surface area contributed by atoms with Crippen molar-refractivity contribution in [2.24, 2.45) is 0 Å². The molecular formula is C12H14ClNOS. The Kier molecular flexibility index (Phi) is 3.66. The summed E-state index contributed by atoms with van der Waals surface area (Å²) >= 11 is 11.2. The van der Waals surface area contributed by atoms with Crippen molar-refractivity contribution in [3.05, 3.63) is 29.8 Å². The van der Waals surface area contributed by atoms with Crippen LogP contribution in [0.25, 0.3) is 0 Å². The quantitative estimate of drug-likeness (QED) is 0.596. The second-order valence-electron chi connectivity index (χ2n) is 3.90. The van der Waals surface area contributed by atoms with Crippen molar-refractivity contribution in [1.82, 2.24) is 4.90 Å². The Morgan fingerprint density at radius 1 is 1.50 bits per heavy atom. The smallest absolute Gasteiger partial charge is 0.130 e. The number of hydrogen-bond acceptors (Lipinski definition) is 2. The summed E-state index contributed by atoms with van der Waals surface area (Å²) < 4.78 is 5.92. The second kappa shape index (κ2) is 5.02. The third-order valence-electron chi connectivity index (χ3n) is 2.67. The van der Waals surface area contributed by atoms with Crippen LogP contribution in [0.15, 0.2) is 24.3 Å². The summed E-state index contributed by atoms with van der Waals surface area (Å²) in [6.45, 7) is 0.792. The highest BCUT2D eigenvalue weighted by Gasteiger charge is 2.23. The monoisotopic (exact) mass is 255 g/mol. The molecule has 0 radical (unpaired) electrons. The Morgan fingerprint density at radius 3 is 3.00 bits per heavy atom. The average molecular weight is 256 g/mol. The first-order valence-corrected chi connectivity index (χ1v) is 6.23. The molecule has 0 fully saturated rings. The highest BCUT2D eigenvalue weighted by molar-refractivity contribution is 7.80. The first kappa shape index (κ1) is 11.7. The molecule has 0 spiro atoms. The van der Waals surface area contributed by atoms with Gasteiger partial charge in [0.1, 0.15) is 16.8 Å². The number of halogens is 1. The summed E-state index contributed by atoms with van der Waals surface area (Å²) in [5, 5.41) is 0. The first-order valence-electron chi connectivity index (χ1n) is 5.29. The van der Waals surface area contributed by atoms with Crippen molar-refractivity contribution in [2.75, 3.05) is 19.5 Å². The molecule has 1 atom stereocenters. The van der Waals surface area contributed by atoms with Crippen LogP contribution in [-0.4, -0.2) is 35.5 Å². The summed E-state index contributed by atoms with van der Waals surface area (Å²) in [4.78, 5) is 2.89. The van der Waals surface area contributed by atoms with E-state index in [4.69, 9.17) is 28.6 Å². The number of rotatable bonds is 2. The van der Waals surface area contributed by atoms with Crippen LogP contribution in [0.2, 0.25) is 0 Å². The van der Waals surface area contributed by atoms with Gasteiger partial charge in [-0.2, -0.15) is 0 Å². The number of fused-ring (bicyclic) bond motifs is 1. The van der Waals surface area contributed by atoms with E-state index in [1.807, 2.05) is 31.3 Å². The van der Waals surface area contributed by atoms with Crippen molar-refractivity contribution in [2.45, 2.75) is 12.5 Å². The molecule has 0 N–H and O–H groups in total. The van der Waals surface area contributed by atoms with Crippen molar-refractivity contribution in [3.8, 4) is 5.75 Å². The minimum atomic E-state index is 0.115. The number of hydrogen-bond donors (Lipinski definition) is 0. The largest absolute Gasteiger partial charge is 0.488 e. The van der Waals surface area contributed by atoms with Gasteiger partial charge in [0.2, 0.25) is 0 Å². The predicted molar refractivity (Wildman–Crippen MR) is 70.5 cm³/mol. The summed E-state index contributed by atoms with van der Waals surface area (Å²) in [6, 6.07) is 7.90. The molecule has 1 unspecified atom stereocenters.